The van der Waals surface area contributed by atoms with Crippen LogP contribution in [0, 0.1) is 10.1 Å². The van der Waals surface area contributed by atoms with Gasteiger partial charge >= 0.3 is 5.97 Å². The van der Waals surface area contributed by atoms with Gasteiger partial charge in [-0.05, 0) is 12.5 Å². The van der Waals surface area contributed by atoms with Crippen molar-refractivity contribution in [2.24, 2.45) is 0 Å². The maximum Gasteiger partial charge on any atom is 0.336 e. The van der Waals surface area contributed by atoms with Crippen molar-refractivity contribution in [3.05, 3.63) is 51.2 Å². The highest BCUT2D eigenvalue weighted by Crippen LogP contribution is 2.34. The van der Waals surface area contributed by atoms with E-state index in [0.29, 0.717) is 16.8 Å². The molecule has 1 aliphatic rings. The molecule has 1 aliphatic heterocycles. The van der Waals surface area contributed by atoms with Crippen LogP contribution >= 0.6 is 0 Å². The van der Waals surface area contributed by atoms with Crippen LogP contribution in [0.4, 0.5) is 5.69 Å². The minimum Gasteiger partial charge on any atom is -0.466 e. The van der Waals surface area contributed by atoms with Crippen LogP contribution in [-0.4, -0.2) is 23.9 Å². The Morgan fingerprint density at radius 2 is 2.00 bits per heavy atom. The van der Waals surface area contributed by atoms with E-state index < -0.39 is 16.8 Å². The summed E-state index contributed by atoms with van der Waals surface area (Å²) in [4.78, 5) is 33.8. The molecule has 1 heterocycles. The van der Waals surface area contributed by atoms with Gasteiger partial charge in [0.05, 0.1) is 17.6 Å². The first-order valence-electron chi connectivity index (χ1n) is 6.27. The fourth-order valence-corrected chi connectivity index (χ4v) is 2.39. The molecule has 1 N–H and O–H groups in total. The number of hydrogen-bond donors (Lipinski definition) is 1. The summed E-state index contributed by atoms with van der Waals surface area (Å²) < 4.78 is 4.75. The third-order valence-corrected chi connectivity index (χ3v) is 3.38. The summed E-state index contributed by atoms with van der Waals surface area (Å²) in [5, 5.41) is 13.3. The lowest BCUT2D eigenvalue weighted by Gasteiger charge is -2.26. The van der Waals surface area contributed by atoms with Gasteiger partial charge in [0.1, 0.15) is 0 Å². The summed E-state index contributed by atoms with van der Waals surface area (Å²) in [5.74, 6) is -1.19. The molecular weight excluding hydrogens is 276 g/mol. The Bertz CT molecular complexity index is 633. The predicted octanol–water partition coefficient (Wildman–Crippen LogP) is 1.65. The van der Waals surface area contributed by atoms with Gasteiger partial charge in [0.25, 0.3) is 5.69 Å². The fraction of sp³-hybridized carbons (Fsp3) is 0.286. The Hall–Kier alpha value is -2.70. The molecule has 0 saturated heterocycles. The molecule has 0 radical (unpaired) electrons. The molecular formula is C14H14N2O5. The molecule has 0 aliphatic carbocycles. The van der Waals surface area contributed by atoms with Crippen LogP contribution in [0.3, 0.4) is 0 Å². The number of nitro groups is 1. The number of rotatable bonds is 3. The number of benzene rings is 1. The highest BCUT2D eigenvalue weighted by atomic mass is 16.6. The zero-order chi connectivity index (χ0) is 15.6. The number of ether oxygens (including phenoxy) is 1. The van der Waals surface area contributed by atoms with Gasteiger partial charge in [0.15, 0.2) is 0 Å². The van der Waals surface area contributed by atoms with Crippen molar-refractivity contribution in [1.82, 2.24) is 5.32 Å². The molecule has 7 heteroatoms. The quantitative estimate of drug-likeness (QED) is 0.518. The van der Waals surface area contributed by atoms with E-state index in [-0.39, 0.29) is 18.0 Å². The summed E-state index contributed by atoms with van der Waals surface area (Å²) in [6.07, 6.45) is 0.0968. The van der Waals surface area contributed by atoms with Gasteiger partial charge in [-0.15, -0.1) is 0 Å². The largest absolute Gasteiger partial charge is 0.466 e. The van der Waals surface area contributed by atoms with Gasteiger partial charge in [0.2, 0.25) is 5.91 Å². The number of amides is 1. The Morgan fingerprint density at radius 1 is 1.38 bits per heavy atom. The number of nitrogens with zero attached hydrogens (tertiary/aromatic N) is 1. The molecule has 2 rings (SSSR count). The number of hydrogen-bond acceptors (Lipinski definition) is 5. The summed E-state index contributed by atoms with van der Waals surface area (Å²) >= 11 is 0. The lowest BCUT2D eigenvalue weighted by atomic mass is 9.84. The molecule has 1 atom stereocenters. The number of methoxy groups -OCH3 is 1. The molecule has 1 aromatic carbocycles. The summed E-state index contributed by atoms with van der Waals surface area (Å²) in [5.41, 5.74) is 1.43. The van der Waals surface area contributed by atoms with Crippen LogP contribution in [0.25, 0.3) is 0 Å². The number of carbonyl (C=O) groups excluding carboxylic acids is 2. The van der Waals surface area contributed by atoms with E-state index in [2.05, 4.69) is 5.32 Å². The number of esters is 1. The first-order valence-corrected chi connectivity index (χ1v) is 6.27. The average Bonchev–Trinajstić information content (AvgIpc) is 2.45. The number of non-ortho nitro benzene ring substituents is 1. The second-order valence-corrected chi connectivity index (χ2v) is 4.68. The van der Waals surface area contributed by atoms with E-state index in [9.17, 15) is 19.7 Å². The van der Waals surface area contributed by atoms with Crippen molar-refractivity contribution < 1.29 is 19.2 Å². The molecule has 0 bridgehead atoms. The number of carbonyl (C=O) groups is 2. The summed E-state index contributed by atoms with van der Waals surface area (Å²) in [6, 6.07) is 5.81. The predicted molar refractivity (Wildman–Crippen MR) is 73.3 cm³/mol. The van der Waals surface area contributed by atoms with Crippen molar-refractivity contribution in [3.8, 4) is 0 Å². The smallest absolute Gasteiger partial charge is 0.336 e. The van der Waals surface area contributed by atoms with E-state index in [1.807, 2.05) is 0 Å². The van der Waals surface area contributed by atoms with E-state index in [1.54, 1.807) is 19.1 Å². The van der Waals surface area contributed by atoms with Gasteiger partial charge in [-0.1, -0.05) is 12.1 Å². The van der Waals surface area contributed by atoms with Crippen LogP contribution < -0.4 is 5.32 Å². The van der Waals surface area contributed by atoms with Crippen LogP contribution in [0.5, 0.6) is 0 Å². The zero-order valence-corrected chi connectivity index (χ0v) is 11.6. The highest BCUT2D eigenvalue weighted by Gasteiger charge is 2.32. The molecule has 1 aromatic rings. The summed E-state index contributed by atoms with van der Waals surface area (Å²) in [7, 11) is 1.27. The second-order valence-electron chi connectivity index (χ2n) is 4.68. The third kappa shape index (κ3) is 2.91. The van der Waals surface area contributed by atoms with Crippen molar-refractivity contribution in [1.29, 1.82) is 0 Å². The van der Waals surface area contributed by atoms with Gasteiger partial charge in [-0.2, -0.15) is 0 Å². The molecule has 0 spiro atoms. The van der Waals surface area contributed by atoms with Gasteiger partial charge in [-0.25, -0.2) is 4.79 Å². The van der Waals surface area contributed by atoms with E-state index >= 15 is 0 Å². The zero-order valence-electron chi connectivity index (χ0n) is 11.6. The molecule has 1 amide bonds. The monoisotopic (exact) mass is 290 g/mol. The minimum absolute atomic E-state index is 0.0423. The van der Waals surface area contributed by atoms with Gasteiger partial charge in [0, 0.05) is 30.2 Å². The first kappa shape index (κ1) is 14.7. The Balaban J connectivity index is 2.43. The molecule has 7 nitrogen and oxygen atoms in total. The standard InChI is InChI=1S/C14H14N2O5/c1-8-13(14(18)21-2)11(7-12(17)15-8)9-3-5-10(6-4-9)16(19)20/h3-6,11H,7H2,1-2H3,(H,15,17)/t11-/m1/s1. The van der Waals surface area contributed by atoms with E-state index in [4.69, 9.17) is 4.74 Å². The van der Waals surface area contributed by atoms with Crippen molar-refractivity contribution in [2.75, 3.05) is 7.11 Å². The van der Waals surface area contributed by atoms with Crippen LogP contribution in [0.2, 0.25) is 0 Å². The number of allylic oxidation sites excluding steroid dienone is 1. The molecule has 110 valence electrons. The molecule has 0 fully saturated rings. The maximum absolute atomic E-state index is 11.9. The summed E-state index contributed by atoms with van der Waals surface area (Å²) in [6.45, 7) is 1.63. The molecule has 21 heavy (non-hydrogen) atoms. The Morgan fingerprint density at radius 3 is 2.52 bits per heavy atom. The second kappa shape index (κ2) is 5.74. The van der Waals surface area contributed by atoms with Crippen molar-refractivity contribution in [3.63, 3.8) is 0 Å². The van der Waals surface area contributed by atoms with Crippen LogP contribution in [0.1, 0.15) is 24.8 Å². The van der Waals surface area contributed by atoms with Gasteiger partial charge < -0.3 is 10.1 Å². The van der Waals surface area contributed by atoms with Crippen LogP contribution in [0.15, 0.2) is 35.5 Å². The topological polar surface area (TPSA) is 98.5 Å². The lowest BCUT2D eigenvalue weighted by Crippen LogP contribution is -2.34. The van der Waals surface area contributed by atoms with E-state index in [1.165, 1.54) is 19.2 Å². The fourth-order valence-electron chi connectivity index (χ4n) is 2.39. The lowest BCUT2D eigenvalue weighted by molar-refractivity contribution is -0.384. The molecule has 0 aromatic heterocycles. The third-order valence-electron chi connectivity index (χ3n) is 3.38. The first-order chi connectivity index (χ1) is 9.93. The normalized spacial score (nSPS) is 18.2. The maximum atomic E-state index is 11.9. The average molecular weight is 290 g/mol. The Labute approximate surface area is 120 Å². The van der Waals surface area contributed by atoms with Crippen molar-refractivity contribution in [2.45, 2.75) is 19.3 Å². The number of nitrogens with one attached hydrogen (secondary N) is 1. The minimum atomic E-state index is -0.518. The molecule has 0 saturated carbocycles. The van der Waals surface area contributed by atoms with Gasteiger partial charge in [-0.3, -0.25) is 14.9 Å². The molecule has 0 unspecified atom stereocenters. The SMILES string of the molecule is COC(=O)C1=C(C)NC(=O)C[C@@H]1c1ccc([N+](=O)[O-])cc1. The van der Waals surface area contributed by atoms with Crippen molar-refractivity contribution >= 4 is 17.6 Å². The number of nitro benzene ring substituents is 1. The Kier molecular flexibility index (Phi) is 4.02. The van der Waals surface area contributed by atoms with E-state index in [0.717, 1.165) is 0 Å². The van der Waals surface area contributed by atoms with Crippen LogP contribution in [-0.2, 0) is 14.3 Å². The highest BCUT2D eigenvalue weighted by molar-refractivity contribution is 5.95.